The van der Waals surface area contributed by atoms with Crippen LogP contribution in [0.25, 0.3) is 11.1 Å². The molecule has 1 N–H and O–H groups in total. The molecule has 2 atom stereocenters. The average molecular weight is 388 g/mol. The van der Waals surface area contributed by atoms with Crippen LogP contribution in [0.2, 0.25) is 0 Å². The number of hydrogen-bond acceptors (Lipinski definition) is 4. The van der Waals surface area contributed by atoms with E-state index in [9.17, 15) is 9.90 Å². The molecule has 0 saturated carbocycles. The number of nitrogens with zero attached hydrogens (tertiary/aromatic N) is 2. The van der Waals surface area contributed by atoms with Crippen molar-refractivity contribution in [1.29, 1.82) is 0 Å². The maximum Gasteiger partial charge on any atom is 0.411 e. The number of rotatable bonds is 6. The Morgan fingerprint density at radius 1 is 1.07 bits per heavy atom. The van der Waals surface area contributed by atoms with Crippen LogP contribution in [0.1, 0.15) is 30.5 Å². The highest BCUT2D eigenvalue weighted by atomic mass is 16.6. The van der Waals surface area contributed by atoms with E-state index >= 15 is 0 Å². The molecule has 29 heavy (non-hydrogen) atoms. The van der Waals surface area contributed by atoms with Crippen molar-refractivity contribution in [3.8, 4) is 11.1 Å². The second-order valence-corrected chi connectivity index (χ2v) is 7.37. The summed E-state index contributed by atoms with van der Waals surface area (Å²) >= 11 is 0. The minimum absolute atomic E-state index is 0.0514. The lowest BCUT2D eigenvalue weighted by molar-refractivity contribution is 0.0323. The number of ether oxygens (including phenoxy) is 1. The number of pyridine rings is 1. The molecule has 0 spiro atoms. The van der Waals surface area contributed by atoms with Crippen LogP contribution < -0.4 is 0 Å². The van der Waals surface area contributed by atoms with Crippen LogP contribution in [0.5, 0.6) is 0 Å². The number of aromatic nitrogens is 1. The summed E-state index contributed by atoms with van der Waals surface area (Å²) in [5.41, 5.74) is 3.25. The largest absolute Gasteiger partial charge is 0.436 e. The Bertz CT molecular complexity index is 960. The molecule has 1 fully saturated rings. The van der Waals surface area contributed by atoms with Crippen molar-refractivity contribution in [2.24, 2.45) is 0 Å². The summed E-state index contributed by atoms with van der Waals surface area (Å²) in [6.45, 7) is 2.35. The summed E-state index contributed by atoms with van der Waals surface area (Å²) < 4.78 is 5.84. The zero-order valence-electron chi connectivity index (χ0n) is 16.4. The summed E-state index contributed by atoms with van der Waals surface area (Å²) in [5, 5.41) is 9.61. The molecule has 2 aromatic carbocycles. The first kappa shape index (κ1) is 19.2. The Balaban J connectivity index is 1.57. The summed E-state index contributed by atoms with van der Waals surface area (Å²) in [4.78, 5) is 18.7. The van der Waals surface area contributed by atoms with Crippen molar-refractivity contribution in [3.63, 3.8) is 0 Å². The zero-order chi connectivity index (χ0) is 20.3. The van der Waals surface area contributed by atoms with Crippen molar-refractivity contribution in [2.75, 3.05) is 13.2 Å². The minimum atomic E-state index is -0.822. The van der Waals surface area contributed by atoms with Gasteiger partial charge < -0.3 is 9.84 Å². The van der Waals surface area contributed by atoms with Gasteiger partial charge in [-0.1, -0.05) is 60.7 Å². The molecule has 0 radical (unpaired) electrons. The first-order chi connectivity index (χ1) is 14.1. The van der Waals surface area contributed by atoms with Crippen LogP contribution in [0.4, 0.5) is 4.79 Å². The second-order valence-electron chi connectivity index (χ2n) is 7.37. The van der Waals surface area contributed by atoms with Gasteiger partial charge in [0, 0.05) is 25.4 Å². The van der Waals surface area contributed by atoms with Gasteiger partial charge in [-0.3, -0.25) is 9.88 Å². The molecular weight excluding hydrogens is 364 g/mol. The van der Waals surface area contributed by atoms with Gasteiger partial charge >= 0.3 is 6.09 Å². The Hall–Kier alpha value is -3.18. The van der Waals surface area contributed by atoms with Crippen molar-refractivity contribution >= 4 is 6.09 Å². The SMILES string of the molecule is CC(c1ccc(-c2cccnc2)cc1)N1CC(CCO)(c2ccccc2)OC1=O. The fourth-order valence-corrected chi connectivity index (χ4v) is 3.91. The maximum absolute atomic E-state index is 12.8. The molecule has 2 unspecified atom stereocenters. The Kier molecular flexibility index (Phi) is 5.32. The predicted molar refractivity (Wildman–Crippen MR) is 111 cm³/mol. The van der Waals surface area contributed by atoms with E-state index in [2.05, 4.69) is 4.98 Å². The van der Waals surface area contributed by atoms with Gasteiger partial charge in [0.05, 0.1) is 12.6 Å². The Labute approximate surface area is 170 Å². The molecule has 1 saturated heterocycles. The van der Waals surface area contributed by atoms with E-state index in [0.717, 1.165) is 22.3 Å². The predicted octanol–water partition coefficient (Wildman–Crippen LogP) is 4.54. The van der Waals surface area contributed by atoms with Crippen molar-refractivity contribution in [3.05, 3.63) is 90.3 Å². The highest BCUT2D eigenvalue weighted by Crippen LogP contribution is 2.40. The van der Waals surface area contributed by atoms with Gasteiger partial charge in [0.1, 0.15) is 0 Å². The molecule has 5 heteroatoms. The normalized spacial score (nSPS) is 19.8. The first-order valence-electron chi connectivity index (χ1n) is 9.79. The molecule has 1 aliphatic heterocycles. The van der Waals surface area contributed by atoms with Gasteiger partial charge in [0.15, 0.2) is 5.60 Å². The van der Waals surface area contributed by atoms with Gasteiger partial charge in [-0.25, -0.2) is 4.79 Å². The van der Waals surface area contributed by atoms with Crippen molar-refractivity contribution < 1.29 is 14.6 Å². The van der Waals surface area contributed by atoms with E-state index < -0.39 is 5.60 Å². The van der Waals surface area contributed by atoms with Crippen LogP contribution in [-0.2, 0) is 10.3 Å². The topological polar surface area (TPSA) is 62.7 Å². The lowest BCUT2D eigenvalue weighted by Gasteiger charge is -2.28. The van der Waals surface area contributed by atoms with Gasteiger partial charge in [-0.2, -0.15) is 0 Å². The molecule has 4 rings (SSSR count). The quantitative estimate of drug-likeness (QED) is 0.673. The number of benzene rings is 2. The molecule has 0 bridgehead atoms. The monoisotopic (exact) mass is 388 g/mol. The summed E-state index contributed by atoms with van der Waals surface area (Å²) in [6.07, 6.45) is 3.60. The molecule has 0 aliphatic carbocycles. The van der Waals surface area contributed by atoms with Gasteiger partial charge in [-0.05, 0) is 35.2 Å². The van der Waals surface area contributed by atoms with E-state index in [1.165, 1.54) is 0 Å². The zero-order valence-corrected chi connectivity index (χ0v) is 16.4. The third-order valence-electron chi connectivity index (χ3n) is 5.61. The number of amides is 1. The fraction of sp³-hybridized carbons (Fsp3) is 0.250. The minimum Gasteiger partial charge on any atom is -0.436 e. The molecule has 148 valence electrons. The van der Waals surface area contributed by atoms with Crippen LogP contribution in [-0.4, -0.2) is 34.2 Å². The molecule has 1 aliphatic rings. The van der Waals surface area contributed by atoms with E-state index in [-0.39, 0.29) is 18.7 Å². The number of cyclic esters (lactones) is 1. The number of hydrogen-bond donors (Lipinski definition) is 1. The average Bonchev–Trinajstić information content (AvgIpc) is 3.12. The lowest BCUT2D eigenvalue weighted by Crippen LogP contribution is -2.34. The number of aliphatic hydroxyl groups excluding tert-OH is 1. The smallest absolute Gasteiger partial charge is 0.411 e. The number of carbonyl (C=O) groups excluding carboxylic acids is 1. The highest BCUT2D eigenvalue weighted by Gasteiger charge is 2.47. The standard InChI is InChI=1S/C24H24N2O3/c1-18(19-9-11-20(12-10-19)21-6-5-14-25-16-21)26-17-24(13-15-27,29-23(26)28)22-7-3-2-4-8-22/h2-12,14,16,18,27H,13,15,17H2,1H3. The highest BCUT2D eigenvalue weighted by molar-refractivity contribution is 5.72. The van der Waals surface area contributed by atoms with E-state index in [1.54, 1.807) is 11.1 Å². The third-order valence-corrected chi connectivity index (χ3v) is 5.61. The summed E-state index contributed by atoms with van der Waals surface area (Å²) in [6, 6.07) is 21.6. The maximum atomic E-state index is 12.8. The summed E-state index contributed by atoms with van der Waals surface area (Å²) in [7, 11) is 0. The molecule has 1 amide bonds. The van der Waals surface area contributed by atoms with Crippen molar-refractivity contribution in [1.82, 2.24) is 9.88 Å². The van der Waals surface area contributed by atoms with E-state index in [0.29, 0.717) is 13.0 Å². The van der Waals surface area contributed by atoms with Gasteiger partial charge in [0.2, 0.25) is 0 Å². The fourth-order valence-electron chi connectivity index (χ4n) is 3.91. The number of aliphatic hydroxyl groups is 1. The third kappa shape index (κ3) is 3.74. The number of carbonyl (C=O) groups is 1. The molecule has 2 heterocycles. The van der Waals surface area contributed by atoms with E-state index in [4.69, 9.17) is 4.74 Å². The molecule has 1 aromatic heterocycles. The second kappa shape index (κ2) is 8.05. The molecule has 5 nitrogen and oxygen atoms in total. The summed E-state index contributed by atoms with van der Waals surface area (Å²) in [5.74, 6) is 0. The van der Waals surface area contributed by atoms with Crippen LogP contribution in [0, 0.1) is 0 Å². The van der Waals surface area contributed by atoms with Crippen LogP contribution in [0.15, 0.2) is 79.1 Å². The van der Waals surface area contributed by atoms with Crippen LogP contribution in [0.3, 0.4) is 0 Å². The van der Waals surface area contributed by atoms with Crippen molar-refractivity contribution in [2.45, 2.75) is 25.0 Å². The first-order valence-corrected chi connectivity index (χ1v) is 9.79. The Morgan fingerprint density at radius 3 is 2.48 bits per heavy atom. The van der Waals surface area contributed by atoms with E-state index in [1.807, 2.05) is 79.9 Å². The van der Waals surface area contributed by atoms with Gasteiger partial charge in [-0.15, -0.1) is 0 Å². The Morgan fingerprint density at radius 2 is 1.83 bits per heavy atom. The molecule has 3 aromatic rings. The lowest BCUT2D eigenvalue weighted by atomic mass is 9.90. The molecular formula is C24H24N2O3. The van der Waals surface area contributed by atoms with Crippen LogP contribution >= 0.6 is 0 Å². The van der Waals surface area contributed by atoms with Gasteiger partial charge in [0.25, 0.3) is 0 Å².